The second-order valence-electron chi connectivity index (χ2n) is 8.54. The van der Waals surface area contributed by atoms with Crippen LogP contribution in [0.15, 0.2) is 36.7 Å². The molecule has 0 aliphatic carbocycles. The number of likely N-dealkylation sites (N-methyl/N-ethyl adjacent to an activating group) is 1. The summed E-state index contributed by atoms with van der Waals surface area (Å²) in [5.41, 5.74) is 2.17. The van der Waals surface area contributed by atoms with Crippen molar-refractivity contribution in [2.24, 2.45) is 7.05 Å². The maximum Gasteiger partial charge on any atom is 0.490 e. The molecular formula is C22H28F3N5O4. The SMILES string of the molecule is COc1ccc(CN2CCC3(C2)CN(c2cnn(C)c2)C(=O)CN3C)cc1.O=C(O)C(F)(F)F. The summed E-state index contributed by atoms with van der Waals surface area (Å²) in [5.74, 6) is -1.73. The third kappa shape index (κ3) is 5.86. The number of hydrogen-bond acceptors (Lipinski definition) is 6. The van der Waals surface area contributed by atoms with Crippen molar-refractivity contribution in [1.82, 2.24) is 19.6 Å². The van der Waals surface area contributed by atoms with E-state index in [1.54, 1.807) is 18.0 Å². The Kier molecular flexibility index (Phi) is 7.51. The number of amides is 1. The van der Waals surface area contributed by atoms with Crippen LogP contribution < -0.4 is 9.64 Å². The predicted octanol–water partition coefficient (Wildman–Crippen LogP) is 1.99. The van der Waals surface area contributed by atoms with E-state index in [1.165, 1.54) is 5.56 Å². The number of methoxy groups -OCH3 is 1. The molecule has 1 amide bonds. The van der Waals surface area contributed by atoms with Crippen molar-refractivity contribution in [3.8, 4) is 5.75 Å². The third-order valence-electron chi connectivity index (χ3n) is 6.16. The minimum atomic E-state index is -5.08. The maximum absolute atomic E-state index is 12.6. The number of ether oxygens (including phenoxy) is 1. The summed E-state index contributed by atoms with van der Waals surface area (Å²) in [4.78, 5) is 28.1. The highest BCUT2D eigenvalue weighted by Crippen LogP contribution is 2.34. The zero-order valence-electron chi connectivity index (χ0n) is 19.2. The number of anilines is 1. The molecule has 1 aromatic carbocycles. The number of hydrogen-bond donors (Lipinski definition) is 1. The number of carbonyl (C=O) groups is 2. The molecule has 34 heavy (non-hydrogen) atoms. The Hall–Kier alpha value is -3.12. The Labute approximate surface area is 195 Å². The lowest BCUT2D eigenvalue weighted by Crippen LogP contribution is -2.64. The topological polar surface area (TPSA) is 91.1 Å². The molecule has 1 N–H and O–H groups in total. The van der Waals surface area contributed by atoms with E-state index in [-0.39, 0.29) is 11.4 Å². The van der Waals surface area contributed by atoms with Gasteiger partial charge >= 0.3 is 12.1 Å². The van der Waals surface area contributed by atoms with Crippen molar-refractivity contribution < 1.29 is 32.6 Å². The first-order valence-corrected chi connectivity index (χ1v) is 10.6. The van der Waals surface area contributed by atoms with Gasteiger partial charge in [0.25, 0.3) is 0 Å². The van der Waals surface area contributed by atoms with Crippen LogP contribution in [0.2, 0.25) is 0 Å². The fourth-order valence-corrected chi connectivity index (χ4v) is 4.25. The van der Waals surface area contributed by atoms with E-state index >= 15 is 0 Å². The van der Waals surface area contributed by atoms with E-state index in [4.69, 9.17) is 14.6 Å². The van der Waals surface area contributed by atoms with Gasteiger partial charge in [-0.1, -0.05) is 12.1 Å². The highest BCUT2D eigenvalue weighted by atomic mass is 19.4. The molecule has 12 heteroatoms. The number of aryl methyl sites for hydroxylation is 1. The number of likely N-dealkylation sites (tertiary alicyclic amines) is 1. The van der Waals surface area contributed by atoms with Gasteiger partial charge in [0.15, 0.2) is 0 Å². The molecule has 2 aliphatic rings. The molecule has 1 spiro atoms. The molecule has 4 rings (SSSR count). The van der Waals surface area contributed by atoms with E-state index in [0.29, 0.717) is 13.1 Å². The van der Waals surface area contributed by atoms with Crippen LogP contribution >= 0.6 is 0 Å². The number of aliphatic carboxylic acids is 1. The zero-order chi connectivity index (χ0) is 25.1. The molecule has 1 unspecified atom stereocenters. The van der Waals surface area contributed by atoms with Crippen molar-refractivity contribution in [3.05, 3.63) is 42.2 Å². The summed E-state index contributed by atoms with van der Waals surface area (Å²) >= 11 is 0. The van der Waals surface area contributed by atoms with Crippen LogP contribution in [0.25, 0.3) is 0 Å². The van der Waals surface area contributed by atoms with E-state index < -0.39 is 12.1 Å². The first-order valence-electron chi connectivity index (χ1n) is 10.6. The van der Waals surface area contributed by atoms with Crippen LogP contribution in [-0.2, 0) is 23.2 Å². The Morgan fingerprint density at radius 3 is 2.38 bits per heavy atom. The average Bonchev–Trinajstić information content (AvgIpc) is 3.38. The van der Waals surface area contributed by atoms with E-state index in [2.05, 4.69) is 34.1 Å². The number of carboxylic acids is 1. The number of piperazine rings is 1. The fraction of sp³-hybridized carbons (Fsp3) is 0.500. The van der Waals surface area contributed by atoms with Crippen LogP contribution in [0.4, 0.5) is 18.9 Å². The number of benzene rings is 1. The fourth-order valence-electron chi connectivity index (χ4n) is 4.25. The summed E-state index contributed by atoms with van der Waals surface area (Å²) in [6.45, 7) is 4.07. The summed E-state index contributed by atoms with van der Waals surface area (Å²) in [5, 5.41) is 11.4. The van der Waals surface area contributed by atoms with Crippen LogP contribution in [0.1, 0.15) is 12.0 Å². The Morgan fingerprint density at radius 2 is 1.85 bits per heavy atom. The molecule has 9 nitrogen and oxygen atoms in total. The quantitative estimate of drug-likeness (QED) is 0.711. The van der Waals surface area contributed by atoms with Gasteiger partial charge in [-0.05, 0) is 31.2 Å². The predicted molar refractivity (Wildman–Crippen MR) is 118 cm³/mol. The summed E-state index contributed by atoms with van der Waals surface area (Å²) < 4.78 is 38.7. The number of carboxylic acid groups (broad SMARTS) is 1. The lowest BCUT2D eigenvalue weighted by Gasteiger charge is -2.46. The van der Waals surface area contributed by atoms with Gasteiger partial charge in [-0.25, -0.2) is 4.79 Å². The molecule has 1 aromatic heterocycles. The van der Waals surface area contributed by atoms with Crippen LogP contribution in [-0.4, -0.2) is 88.6 Å². The highest BCUT2D eigenvalue weighted by Gasteiger charge is 2.47. The molecule has 0 radical (unpaired) electrons. The molecule has 2 fully saturated rings. The van der Waals surface area contributed by atoms with Gasteiger partial charge in [0, 0.05) is 39.4 Å². The average molecular weight is 483 g/mol. The largest absolute Gasteiger partial charge is 0.497 e. The molecule has 2 aliphatic heterocycles. The van der Waals surface area contributed by atoms with Crippen LogP contribution in [0, 0.1) is 0 Å². The monoisotopic (exact) mass is 483 g/mol. The number of nitrogens with zero attached hydrogens (tertiary/aromatic N) is 5. The first-order chi connectivity index (χ1) is 15.9. The minimum Gasteiger partial charge on any atom is -0.497 e. The zero-order valence-corrected chi connectivity index (χ0v) is 19.2. The van der Waals surface area contributed by atoms with Crippen molar-refractivity contribution in [1.29, 1.82) is 0 Å². The molecule has 2 saturated heterocycles. The van der Waals surface area contributed by atoms with E-state index in [0.717, 1.165) is 37.5 Å². The Balaban J connectivity index is 0.000000406. The van der Waals surface area contributed by atoms with Gasteiger partial charge in [-0.3, -0.25) is 19.3 Å². The summed E-state index contributed by atoms with van der Waals surface area (Å²) in [7, 11) is 5.65. The van der Waals surface area contributed by atoms with Gasteiger partial charge in [0.2, 0.25) is 5.91 Å². The van der Waals surface area contributed by atoms with Crippen molar-refractivity contribution in [2.75, 3.05) is 45.2 Å². The number of alkyl halides is 3. The number of rotatable bonds is 4. The number of aromatic nitrogens is 2. The highest BCUT2D eigenvalue weighted by molar-refractivity contribution is 5.95. The molecule has 0 bridgehead atoms. The third-order valence-corrected chi connectivity index (χ3v) is 6.16. The molecule has 1 atom stereocenters. The van der Waals surface area contributed by atoms with Gasteiger partial charge in [-0.2, -0.15) is 18.3 Å². The summed E-state index contributed by atoms with van der Waals surface area (Å²) in [6.07, 6.45) is -0.328. The van der Waals surface area contributed by atoms with Gasteiger partial charge in [-0.15, -0.1) is 0 Å². The van der Waals surface area contributed by atoms with Gasteiger partial charge < -0.3 is 14.7 Å². The first kappa shape index (κ1) is 25.5. The Bertz CT molecular complexity index is 1010. The molecule has 2 aromatic rings. The Morgan fingerprint density at radius 1 is 1.21 bits per heavy atom. The lowest BCUT2D eigenvalue weighted by atomic mass is 9.93. The molecular weight excluding hydrogens is 455 g/mol. The van der Waals surface area contributed by atoms with Crippen molar-refractivity contribution in [3.63, 3.8) is 0 Å². The van der Waals surface area contributed by atoms with E-state index in [9.17, 15) is 18.0 Å². The van der Waals surface area contributed by atoms with Crippen molar-refractivity contribution >= 4 is 17.6 Å². The number of carbonyl (C=O) groups excluding carboxylic acids is 1. The summed E-state index contributed by atoms with van der Waals surface area (Å²) in [6, 6.07) is 8.27. The number of halogens is 3. The van der Waals surface area contributed by atoms with Gasteiger partial charge in [0.1, 0.15) is 5.75 Å². The van der Waals surface area contributed by atoms with E-state index in [1.807, 2.05) is 30.3 Å². The minimum absolute atomic E-state index is 0.00375. The smallest absolute Gasteiger partial charge is 0.490 e. The molecule has 0 saturated carbocycles. The lowest BCUT2D eigenvalue weighted by molar-refractivity contribution is -0.192. The van der Waals surface area contributed by atoms with Crippen LogP contribution in [0.3, 0.4) is 0 Å². The molecule has 186 valence electrons. The normalized spacial score (nSPS) is 21.5. The maximum atomic E-state index is 12.6. The van der Waals surface area contributed by atoms with Gasteiger partial charge in [0.05, 0.1) is 31.1 Å². The van der Waals surface area contributed by atoms with Crippen molar-refractivity contribution in [2.45, 2.75) is 24.7 Å². The second-order valence-corrected chi connectivity index (χ2v) is 8.54. The standard InChI is InChI=1S/C20H27N5O2.C2HF3O2/c1-22-13-19(26)25(17-10-21-23(2)12-17)15-20(22)8-9-24(14-20)11-16-4-6-18(27-3)7-5-16;3-2(4,5)1(6)7/h4-7,10,12H,8-9,11,13-15H2,1-3H3;(H,6,7). The van der Waals surface area contributed by atoms with Crippen LogP contribution in [0.5, 0.6) is 5.75 Å². The second kappa shape index (κ2) is 10.0. The molecule has 3 heterocycles.